The number of carbonyl (C=O) groups is 2. The topological polar surface area (TPSA) is 85.8 Å². The molecule has 2 aliphatic heterocycles. The van der Waals surface area contributed by atoms with Gasteiger partial charge in [-0.25, -0.2) is 9.18 Å². The summed E-state index contributed by atoms with van der Waals surface area (Å²) < 4.78 is 13.2. The van der Waals surface area contributed by atoms with Crippen molar-refractivity contribution in [2.24, 2.45) is 0 Å². The fraction of sp³-hybridized carbons (Fsp3) is 0.208. The van der Waals surface area contributed by atoms with Crippen LogP contribution in [-0.4, -0.2) is 52.2 Å². The molecule has 0 aliphatic carbocycles. The molecule has 2 N–H and O–H groups in total. The number of benzene rings is 2. The number of amides is 3. The molecule has 1 saturated heterocycles. The van der Waals surface area contributed by atoms with Crippen molar-refractivity contribution in [2.75, 3.05) is 23.4 Å². The van der Waals surface area contributed by atoms with E-state index in [0.29, 0.717) is 17.8 Å². The van der Waals surface area contributed by atoms with E-state index in [1.54, 1.807) is 28.1 Å². The Balaban J connectivity index is 1.46. The molecular weight excluding hydrogens is 411 g/mol. The van der Waals surface area contributed by atoms with Crippen molar-refractivity contribution >= 4 is 23.3 Å². The third kappa shape index (κ3) is 3.29. The molecule has 0 radical (unpaired) electrons. The molecule has 2 aromatic carbocycles. The Morgan fingerprint density at radius 3 is 2.59 bits per heavy atom. The highest BCUT2D eigenvalue weighted by Crippen LogP contribution is 2.48. The molecule has 1 aromatic heterocycles. The lowest BCUT2D eigenvalue weighted by molar-refractivity contribution is -0.00265. The number of aliphatic hydroxyl groups excluding tert-OH is 1. The Kier molecular flexibility index (Phi) is 5.07. The van der Waals surface area contributed by atoms with Gasteiger partial charge in [-0.15, -0.1) is 0 Å². The number of hydrogen-bond donors (Lipinski definition) is 2. The lowest BCUT2D eigenvalue weighted by atomic mass is 9.72. The van der Waals surface area contributed by atoms with Gasteiger partial charge in [-0.1, -0.05) is 18.2 Å². The Morgan fingerprint density at radius 1 is 1.09 bits per heavy atom. The van der Waals surface area contributed by atoms with E-state index in [4.69, 9.17) is 0 Å². The molecule has 32 heavy (non-hydrogen) atoms. The predicted molar refractivity (Wildman–Crippen MR) is 117 cm³/mol. The molecule has 3 amide bonds. The predicted octanol–water partition coefficient (Wildman–Crippen LogP) is 3.24. The van der Waals surface area contributed by atoms with E-state index in [1.807, 2.05) is 24.3 Å². The van der Waals surface area contributed by atoms with Crippen LogP contribution in [0.1, 0.15) is 21.8 Å². The number of rotatable bonds is 3. The number of halogens is 1. The molecule has 2 aliphatic rings. The number of likely N-dealkylation sites (tertiary alicyclic amines) is 1. The molecule has 3 atom stereocenters. The molecule has 5 rings (SSSR count). The molecule has 162 valence electrons. The van der Waals surface area contributed by atoms with Crippen molar-refractivity contribution in [1.29, 1.82) is 0 Å². The minimum absolute atomic E-state index is 0.0897. The van der Waals surface area contributed by atoms with Crippen LogP contribution in [0, 0.1) is 5.82 Å². The fourth-order valence-electron chi connectivity index (χ4n) is 4.73. The highest BCUT2D eigenvalue weighted by atomic mass is 19.1. The van der Waals surface area contributed by atoms with Gasteiger partial charge in [-0.05, 0) is 48.0 Å². The summed E-state index contributed by atoms with van der Waals surface area (Å²) in [5.41, 5.74) is 2.61. The van der Waals surface area contributed by atoms with Crippen LogP contribution in [0.15, 0.2) is 73.1 Å². The zero-order chi connectivity index (χ0) is 22.2. The molecule has 3 aromatic rings. The average molecular weight is 432 g/mol. The third-order valence-electron chi connectivity index (χ3n) is 6.17. The molecular formula is C24H21FN4O3. The first kappa shape index (κ1) is 20.1. The number of nitrogens with zero attached hydrogens (tertiary/aromatic N) is 3. The van der Waals surface area contributed by atoms with Gasteiger partial charge in [-0.3, -0.25) is 9.78 Å². The highest BCUT2D eigenvalue weighted by Gasteiger charge is 2.55. The summed E-state index contributed by atoms with van der Waals surface area (Å²) in [6, 6.07) is 15.4. The molecule has 0 bridgehead atoms. The minimum atomic E-state index is -0.419. The van der Waals surface area contributed by atoms with Gasteiger partial charge in [0.2, 0.25) is 0 Å². The second-order valence-electron chi connectivity index (χ2n) is 7.90. The van der Waals surface area contributed by atoms with Crippen LogP contribution in [0.3, 0.4) is 0 Å². The van der Waals surface area contributed by atoms with Gasteiger partial charge >= 0.3 is 6.03 Å². The van der Waals surface area contributed by atoms with Gasteiger partial charge in [-0.2, -0.15) is 0 Å². The van der Waals surface area contributed by atoms with Crippen LogP contribution in [0.5, 0.6) is 0 Å². The summed E-state index contributed by atoms with van der Waals surface area (Å²) in [5, 5.41) is 12.8. The number of carbonyl (C=O) groups excluding carboxylic acids is 2. The molecule has 0 saturated carbocycles. The first-order valence-corrected chi connectivity index (χ1v) is 10.3. The number of hydrogen-bond acceptors (Lipinski definition) is 4. The quantitative estimate of drug-likeness (QED) is 0.665. The Bertz CT molecular complexity index is 1160. The van der Waals surface area contributed by atoms with E-state index in [1.165, 1.54) is 30.5 Å². The van der Waals surface area contributed by atoms with Crippen molar-refractivity contribution in [3.8, 4) is 0 Å². The maximum absolute atomic E-state index is 13.3. The fourth-order valence-corrected chi connectivity index (χ4v) is 4.73. The molecule has 8 heteroatoms. The first-order chi connectivity index (χ1) is 15.6. The molecule has 1 fully saturated rings. The van der Waals surface area contributed by atoms with Crippen molar-refractivity contribution in [2.45, 2.75) is 18.0 Å². The zero-order valence-corrected chi connectivity index (χ0v) is 17.1. The van der Waals surface area contributed by atoms with E-state index >= 15 is 0 Å². The first-order valence-electron chi connectivity index (χ1n) is 10.3. The van der Waals surface area contributed by atoms with Crippen molar-refractivity contribution < 1.29 is 19.1 Å². The van der Waals surface area contributed by atoms with Crippen LogP contribution in [0.2, 0.25) is 0 Å². The summed E-state index contributed by atoms with van der Waals surface area (Å²) in [6.07, 6.45) is 3.13. The van der Waals surface area contributed by atoms with Gasteiger partial charge in [0, 0.05) is 36.2 Å². The number of aromatic nitrogens is 1. The van der Waals surface area contributed by atoms with Crippen molar-refractivity contribution in [3.05, 3.63) is 90.0 Å². The standard InChI is InChI=1S/C24H21FN4O3/c25-16-7-9-17(10-8-16)27-24(32)29-20-13-28(23(31)15-4-3-11-26-12-15)19-6-2-1-5-18(19)22(20)21(29)14-30/h1-12,20-22,30H,13-14H2,(H,27,32)/t20-,21+,22+/m1/s1. The second kappa shape index (κ2) is 8.05. The highest BCUT2D eigenvalue weighted by molar-refractivity contribution is 6.07. The molecule has 0 spiro atoms. The van der Waals surface area contributed by atoms with Gasteiger partial charge in [0.05, 0.1) is 24.3 Å². The number of aliphatic hydroxyl groups is 1. The van der Waals surface area contributed by atoms with Gasteiger partial charge in [0.25, 0.3) is 5.91 Å². The van der Waals surface area contributed by atoms with Gasteiger partial charge in [0.1, 0.15) is 5.82 Å². The van der Waals surface area contributed by atoms with Gasteiger partial charge in [0.15, 0.2) is 0 Å². The smallest absolute Gasteiger partial charge is 0.322 e. The third-order valence-corrected chi connectivity index (χ3v) is 6.17. The lowest BCUT2D eigenvalue weighted by Gasteiger charge is -2.58. The van der Waals surface area contributed by atoms with Gasteiger partial charge < -0.3 is 20.2 Å². The number of urea groups is 1. The number of nitrogens with one attached hydrogen (secondary N) is 1. The van der Waals surface area contributed by atoms with Crippen LogP contribution < -0.4 is 10.2 Å². The summed E-state index contributed by atoms with van der Waals surface area (Å²) >= 11 is 0. The maximum atomic E-state index is 13.3. The lowest BCUT2D eigenvalue weighted by Crippen LogP contribution is -2.71. The maximum Gasteiger partial charge on any atom is 0.322 e. The Morgan fingerprint density at radius 2 is 1.88 bits per heavy atom. The summed E-state index contributed by atoms with van der Waals surface area (Å²) in [6.45, 7) is 0.0889. The number of anilines is 2. The Labute approximate surface area is 184 Å². The van der Waals surface area contributed by atoms with Crippen molar-refractivity contribution in [3.63, 3.8) is 0 Å². The van der Waals surface area contributed by atoms with E-state index in [0.717, 1.165) is 11.3 Å². The van der Waals surface area contributed by atoms with E-state index in [2.05, 4.69) is 10.3 Å². The largest absolute Gasteiger partial charge is 0.394 e. The summed E-state index contributed by atoms with van der Waals surface area (Å²) in [7, 11) is 0. The Hall–Kier alpha value is -3.78. The van der Waals surface area contributed by atoms with Crippen LogP contribution in [-0.2, 0) is 0 Å². The van der Waals surface area contributed by atoms with Crippen LogP contribution in [0.25, 0.3) is 0 Å². The van der Waals surface area contributed by atoms with Crippen LogP contribution >= 0.6 is 0 Å². The molecule has 0 unspecified atom stereocenters. The van der Waals surface area contributed by atoms with E-state index < -0.39 is 17.9 Å². The van der Waals surface area contributed by atoms with Crippen molar-refractivity contribution in [1.82, 2.24) is 9.88 Å². The molecule has 7 nitrogen and oxygen atoms in total. The zero-order valence-electron chi connectivity index (χ0n) is 17.1. The average Bonchev–Trinajstić information content (AvgIpc) is 2.81. The summed E-state index contributed by atoms with van der Waals surface area (Å²) in [5.74, 6) is -0.683. The van der Waals surface area contributed by atoms with E-state index in [9.17, 15) is 19.1 Å². The second-order valence-corrected chi connectivity index (χ2v) is 7.90. The minimum Gasteiger partial charge on any atom is -0.394 e. The SMILES string of the molecule is O=C(c1cccnc1)N1C[C@@H]2[C@H](c3ccccc31)[C@H](CO)N2C(=O)Nc1ccc(F)cc1. The summed E-state index contributed by atoms with van der Waals surface area (Å²) in [4.78, 5) is 33.6. The monoisotopic (exact) mass is 432 g/mol. The molecule has 3 heterocycles. The normalized spacial score (nSPS) is 21.2. The van der Waals surface area contributed by atoms with E-state index in [-0.39, 0.29) is 24.5 Å². The number of para-hydroxylation sites is 1. The number of pyridine rings is 1. The van der Waals surface area contributed by atoms with Crippen LogP contribution in [0.4, 0.5) is 20.6 Å². The number of fused-ring (bicyclic) bond motifs is 3.